The van der Waals surface area contributed by atoms with Gasteiger partial charge in [-0.15, -0.1) is 0 Å². The van der Waals surface area contributed by atoms with Crippen LogP contribution < -0.4 is 9.47 Å². The fraction of sp³-hybridized carbons (Fsp3) is 0.526. The van der Waals surface area contributed by atoms with Gasteiger partial charge in [0.05, 0.1) is 21.9 Å². The van der Waals surface area contributed by atoms with E-state index in [0.717, 1.165) is 18.6 Å². The van der Waals surface area contributed by atoms with Gasteiger partial charge in [0, 0.05) is 12.1 Å². The van der Waals surface area contributed by atoms with Gasteiger partial charge in [-0.05, 0) is 38.7 Å². The summed E-state index contributed by atoms with van der Waals surface area (Å²) in [7, 11) is 0. The highest BCUT2D eigenvalue weighted by Crippen LogP contribution is 2.37. The van der Waals surface area contributed by atoms with Crippen LogP contribution in [-0.4, -0.2) is 25.0 Å². The standard InChI is InChI=1S/C19H25Cl4NO3/c1-12(2)14(4)24-26-8-5-6-13(3)27-19-16(20)10-15(11-17(19)21)25-9-7-18(22)23/h7,10-13H,5-6,8-9H2,1-4H3. The lowest BCUT2D eigenvalue weighted by Gasteiger charge is -2.17. The molecule has 0 saturated heterocycles. The fourth-order valence-electron chi connectivity index (χ4n) is 1.88. The Morgan fingerprint density at radius 3 is 2.33 bits per heavy atom. The first kappa shape index (κ1) is 24.2. The zero-order valence-electron chi connectivity index (χ0n) is 15.9. The highest BCUT2D eigenvalue weighted by molar-refractivity contribution is 6.55. The van der Waals surface area contributed by atoms with Gasteiger partial charge in [0.2, 0.25) is 0 Å². The molecule has 0 saturated carbocycles. The summed E-state index contributed by atoms with van der Waals surface area (Å²) in [4.78, 5) is 5.32. The molecule has 0 aliphatic rings. The Balaban J connectivity index is 2.50. The lowest BCUT2D eigenvalue weighted by molar-refractivity contribution is 0.123. The average molecular weight is 457 g/mol. The Bertz CT molecular complexity index is 635. The van der Waals surface area contributed by atoms with Gasteiger partial charge in [-0.3, -0.25) is 0 Å². The van der Waals surface area contributed by atoms with Crippen molar-refractivity contribution in [3.8, 4) is 11.5 Å². The van der Waals surface area contributed by atoms with E-state index in [1.165, 1.54) is 6.08 Å². The summed E-state index contributed by atoms with van der Waals surface area (Å²) in [5, 5.41) is 4.82. The molecule has 1 unspecified atom stereocenters. The molecular formula is C19H25Cl4NO3. The van der Waals surface area contributed by atoms with E-state index in [1.54, 1.807) is 12.1 Å². The predicted octanol–water partition coefficient (Wildman–Crippen LogP) is 7.29. The molecule has 1 rings (SSSR count). The van der Waals surface area contributed by atoms with Crippen LogP contribution in [0.15, 0.2) is 27.9 Å². The molecule has 0 amide bonds. The smallest absolute Gasteiger partial charge is 0.157 e. The van der Waals surface area contributed by atoms with Crippen LogP contribution in [0.1, 0.15) is 40.5 Å². The highest BCUT2D eigenvalue weighted by Gasteiger charge is 2.14. The number of hydrogen-bond donors (Lipinski definition) is 0. The van der Waals surface area contributed by atoms with Crippen LogP contribution in [0.4, 0.5) is 0 Å². The van der Waals surface area contributed by atoms with Crippen LogP contribution in [-0.2, 0) is 4.84 Å². The molecule has 0 fully saturated rings. The van der Waals surface area contributed by atoms with E-state index in [-0.39, 0.29) is 17.2 Å². The first-order chi connectivity index (χ1) is 12.7. The minimum Gasteiger partial charge on any atom is -0.489 e. The van der Waals surface area contributed by atoms with Crippen molar-refractivity contribution in [3.05, 3.63) is 32.7 Å². The van der Waals surface area contributed by atoms with Gasteiger partial charge >= 0.3 is 0 Å². The van der Waals surface area contributed by atoms with E-state index in [1.807, 2.05) is 13.8 Å². The minimum atomic E-state index is -0.0801. The first-order valence-corrected chi connectivity index (χ1v) is 10.2. The molecule has 0 spiro atoms. The summed E-state index contributed by atoms with van der Waals surface area (Å²) >= 11 is 23.6. The van der Waals surface area contributed by atoms with Gasteiger partial charge in [-0.2, -0.15) is 0 Å². The summed E-state index contributed by atoms with van der Waals surface area (Å²) in [6.07, 6.45) is 3.02. The topological polar surface area (TPSA) is 40.0 Å². The minimum absolute atomic E-state index is 0.0801. The van der Waals surface area contributed by atoms with Crippen LogP contribution in [0.3, 0.4) is 0 Å². The summed E-state index contributed by atoms with van der Waals surface area (Å²) < 4.78 is 11.5. The molecule has 0 aliphatic heterocycles. The number of halogens is 4. The third kappa shape index (κ3) is 9.79. The summed E-state index contributed by atoms with van der Waals surface area (Å²) in [6, 6.07) is 3.27. The molecule has 8 heteroatoms. The van der Waals surface area contributed by atoms with Gasteiger partial charge in [0.1, 0.15) is 23.5 Å². The molecule has 0 bridgehead atoms. The van der Waals surface area contributed by atoms with Gasteiger partial charge in [-0.1, -0.05) is 65.4 Å². The maximum absolute atomic E-state index is 6.27. The van der Waals surface area contributed by atoms with E-state index in [4.69, 9.17) is 60.7 Å². The number of nitrogens with zero attached hydrogens (tertiary/aromatic N) is 1. The third-order valence-corrected chi connectivity index (χ3v) is 4.54. The molecule has 27 heavy (non-hydrogen) atoms. The number of oxime groups is 1. The van der Waals surface area contributed by atoms with E-state index in [0.29, 0.717) is 34.1 Å². The van der Waals surface area contributed by atoms with Crippen LogP contribution in [0.2, 0.25) is 10.0 Å². The molecule has 0 N–H and O–H groups in total. The van der Waals surface area contributed by atoms with Crippen LogP contribution in [0, 0.1) is 5.92 Å². The van der Waals surface area contributed by atoms with E-state index in [2.05, 4.69) is 19.0 Å². The molecule has 1 aromatic carbocycles. The summed E-state index contributed by atoms with van der Waals surface area (Å²) in [5.74, 6) is 1.31. The maximum Gasteiger partial charge on any atom is 0.157 e. The summed E-state index contributed by atoms with van der Waals surface area (Å²) in [5.41, 5.74) is 0.976. The SMILES string of the molecule is CC(=NOCCCC(C)Oc1c(Cl)cc(OCC=C(Cl)Cl)cc1Cl)C(C)C. The maximum atomic E-state index is 6.27. The van der Waals surface area contributed by atoms with Gasteiger partial charge in [-0.25, -0.2) is 0 Å². The van der Waals surface area contributed by atoms with Gasteiger partial charge < -0.3 is 14.3 Å². The largest absolute Gasteiger partial charge is 0.489 e. The second kappa shape index (κ2) is 12.6. The van der Waals surface area contributed by atoms with Crippen LogP contribution in [0.5, 0.6) is 11.5 Å². The third-order valence-electron chi connectivity index (χ3n) is 3.67. The van der Waals surface area contributed by atoms with E-state index >= 15 is 0 Å². The van der Waals surface area contributed by atoms with Crippen molar-refractivity contribution < 1.29 is 14.3 Å². The van der Waals surface area contributed by atoms with Crippen molar-refractivity contribution in [2.24, 2.45) is 11.1 Å². The van der Waals surface area contributed by atoms with E-state index in [9.17, 15) is 0 Å². The van der Waals surface area contributed by atoms with Crippen molar-refractivity contribution in [1.29, 1.82) is 0 Å². The lowest BCUT2D eigenvalue weighted by atomic mass is 10.1. The van der Waals surface area contributed by atoms with E-state index < -0.39 is 0 Å². The molecule has 0 heterocycles. The van der Waals surface area contributed by atoms with Crippen molar-refractivity contribution >= 4 is 52.1 Å². The van der Waals surface area contributed by atoms with Gasteiger partial charge in [0.15, 0.2) is 5.75 Å². The first-order valence-electron chi connectivity index (χ1n) is 8.66. The number of benzene rings is 1. The molecule has 4 nitrogen and oxygen atoms in total. The average Bonchev–Trinajstić information content (AvgIpc) is 2.57. The normalized spacial score (nSPS) is 12.7. The van der Waals surface area contributed by atoms with Gasteiger partial charge in [0.25, 0.3) is 0 Å². The molecular weight excluding hydrogens is 432 g/mol. The Kier molecular flexibility index (Phi) is 11.3. The monoisotopic (exact) mass is 455 g/mol. The molecule has 0 aliphatic carbocycles. The Morgan fingerprint density at radius 1 is 1.15 bits per heavy atom. The zero-order chi connectivity index (χ0) is 20.4. The molecule has 0 radical (unpaired) electrons. The van der Waals surface area contributed by atoms with Crippen molar-refractivity contribution in [3.63, 3.8) is 0 Å². The Labute approximate surface area is 181 Å². The second-order valence-electron chi connectivity index (χ2n) is 6.31. The van der Waals surface area contributed by atoms with Crippen LogP contribution >= 0.6 is 46.4 Å². The molecule has 0 aromatic heterocycles. The Morgan fingerprint density at radius 2 is 1.78 bits per heavy atom. The fourth-order valence-corrected chi connectivity index (χ4v) is 2.56. The van der Waals surface area contributed by atoms with Crippen molar-refractivity contribution in [2.45, 2.75) is 46.6 Å². The van der Waals surface area contributed by atoms with Crippen molar-refractivity contribution in [2.75, 3.05) is 13.2 Å². The van der Waals surface area contributed by atoms with Crippen molar-refractivity contribution in [1.82, 2.24) is 0 Å². The summed E-state index contributed by atoms with van der Waals surface area (Å²) in [6.45, 7) is 8.80. The molecule has 1 aromatic rings. The highest BCUT2D eigenvalue weighted by atomic mass is 35.5. The molecule has 152 valence electrons. The molecule has 1 atom stereocenters. The quantitative estimate of drug-likeness (QED) is 0.199. The van der Waals surface area contributed by atoms with Crippen LogP contribution in [0.25, 0.3) is 0 Å². The number of hydrogen-bond acceptors (Lipinski definition) is 4. The Hall–Kier alpha value is -0.810. The lowest BCUT2D eigenvalue weighted by Crippen LogP contribution is -2.13. The number of rotatable bonds is 11. The number of ether oxygens (including phenoxy) is 2. The predicted molar refractivity (Wildman–Crippen MR) is 115 cm³/mol. The zero-order valence-corrected chi connectivity index (χ0v) is 18.9. The second-order valence-corrected chi connectivity index (χ2v) is 8.13.